The minimum absolute atomic E-state index is 0.287. The quantitative estimate of drug-likeness (QED) is 0.687. The van der Waals surface area contributed by atoms with Gasteiger partial charge in [-0.05, 0) is 57.1 Å². The van der Waals surface area contributed by atoms with Crippen LogP contribution in [0.4, 0.5) is 4.79 Å². The third kappa shape index (κ3) is 5.49. The molecule has 0 aromatic carbocycles. The maximum atomic E-state index is 11.9. The van der Waals surface area contributed by atoms with Crippen LogP contribution in [0.3, 0.4) is 0 Å². The van der Waals surface area contributed by atoms with Crippen molar-refractivity contribution in [2.45, 2.75) is 70.9 Å². The highest BCUT2D eigenvalue weighted by Gasteiger charge is 2.22. The normalized spacial score (nSPS) is 17.1. The van der Waals surface area contributed by atoms with Gasteiger partial charge in [0.1, 0.15) is 11.4 Å². The van der Waals surface area contributed by atoms with Crippen molar-refractivity contribution in [2.24, 2.45) is 5.92 Å². The van der Waals surface area contributed by atoms with Crippen molar-refractivity contribution in [1.29, 1.82) is 0 Å². The van der Waals surface area contributed by atoms with Crippen LogP contribution in [-0.4, -0.2) is 28.9 Å². The van der Waals surface area contributed by atoms with E-state index in [1.54, 1.807) is 6.20 Å². The zero-order valence-electron chi connectivity index (χ0n) is 17.0. The van der Waals surface area contributed by atoms with E-state index in [2.05, 4.69) is 15.5 Å². The van der Waals surface area contributed by atoms with Crippen LogP contribution in [0.5, 0.6) is 5.75 Å². The molecule has 0 spiro atoms. The van der Waals surface area contributed by atoms with Gasteiger partial charge in [-0.3, -0.25) is 0 Å². The van der Waals surface area contributed by atoms with E-state index in [1.165, 1.54) is 32.1 Å². The summed E-state index contributed by atoms with van der Waals surface area (Å²) < 4.78 is 16.7. The molecule has 2 fully saturated rings. The van der Waals surface area contributed by atoms with Gasteiger partial charge in [-0.2, -0.15) is 0 Å². The largest absolute Gasteiger partial charge is 0.489 e. The number of alkyl carbamates (subject to hydrolysis) is 1. The van der Waals surface area contributed by atoms with E-state index in [1.807, 2.05) is 19.1 Å². The van der Waals surface area contributed by atoms with Gasteiger partial charge in [0.05, 0.1) is 31.1 Å². The molecule has 2 aromatic rings. The van der Waals surface area contributed by atoms with Crippen molar-refractivity contribution in [2.75, 3.05) is 6.61 Å². The van der Waals surface area contributed by atoms with E-state index < -0.39 is 6.09 Å². The van der Waals surface area contributed by atoms with E-state index in [0.29, 0.717) is 18.1 Å². The van der Waals surface area contributed by atoms with Crippen LogP contribution in [0.15, 0.2) is 22.9 Å². The van der Waals surface area contributed by atoms with E-state index in [-0.39, 0.29) is 12.6 Å². The third-order valence-electron chi connectivity index (χ3n) is 5.67. The first kappa shape index (κ1) is 19.7. The SMILES string of the molecule is Cc1noc(-c2ccc(OC3CCCCC3)cn2)c1CNC(=O)OCCC1CC1. The summed E-state index contributed by atoms with van der Waals surface area (Å²) in [7, 11) is 0. The fourth-order valence-corrected chi connectivity index (χ4v) is 3.69. The first-order chi connectivity index (χ1) is 14.2. The summed E-state index contributed by atoms with van der Waals surface area (Å²) >= 11 is 0. The molecule has 7 heteroatoms. The first-order valence-electron chi connectivity index (χ1n) is 10.7. The summed E-state index contributed by atoms with van der Waals surface area (Å²) in [6, 6.07) is 3.79. The standard InChI is InChI=1S/C22H29N3O4/c1-15-19(14-24-22(26)27-12-11-16-7-8-16)21(29-25-15)20-10-9-18(13-23-20)28-17-5-3-2-4-6-17/h9-10,13,16-17H,2-8,11-12,14H2,1H3,(H,24,26). The summed E-state index contributed by atoms with van der Waals surface area (Å²) in [6.45, 7) is 2.61. The van der Waals surface area contributed by atoms with Crippen molar-refractivity contribution in [1.82, 2.24) is 15.5 Å². The van der Waals surface area contributed by atoms with Gasteiger partial charge in [-0.25, -0.2) is 9.78 Å². The summed E-state index contributed by atoms with van der Waals surface area (Å²) in [5.74, 6) is 2.08. The monoisotopic (exact) mass is 399 g/mol. The third-order valence-corrected chi connectivity index (χ3v) is 5.67. The molecule has 2 saturated carbocycles. The highest BCUT2D eigenvalue weighted by molar-refractivity contribution is 5.68. The van der Waals surface area contributed by atoms with Crippen LogP contribution < -0.4 is 10.1 Å². The Hall–Kier alpha value is -2.57. The predicted octanol–water partition coefficient (Wildman–Crippen LogP) is 4.78. The highest BCUT2D eigenvalue weighted by Crippen LogP contribution is 2.32. The maximum absolute atomic E-state index is 11.9. The summed E-state index contributed by atoms with van der Waals surface area (Å²) in [4.78, 5) is 16.4. The molecule has 4 rings (SSSR count). The molecule has 0 saturated heterocycles. The summed E-state index contributed by atoms with van der Waals surface area (Å²) in [6.07, 6.45) is 11.0. The first-order valence-corrected chi connectivity index (χ1v) is 10.7. The Bertz CT molecular complexity index is 808. The minimum Gasteiger partial charge on any atom is -0.489 e. The number of hydrogen-bond donors (Lipinski definition) is 1. The van der Waals surface area contributed by atoms with Crippen LogP contribution in [0.1, 0.15) is 62.6 Å². The Morgan fingerprint density at radius 3 is 2.76 bits per heavy atom. The Balaban J connectivity index is 1.33. The molecule has 2 heterocycles. The lowest BCUT2D eigenvalue weighted by atomic mass is 9.98. The van der Waals surface area contributed by atoms with Crippen molar-refractivity contribution in [3.63, 3.8) is 0 Å². The number of nitrogens with one attached hydrogen (secondary N) is 1. The molecule has 2 aromatic heterocycles. The Morgan fingerprint density at radius 2 is 2.03 bits per heavy atom. The maximum Gasteiger partial charge on any atom is 0.407 e. The molecule has 0 radical (unpaired) electrons. The van der Waals surface area contributed by atoms with Crippen molar-refractivity contribution < 1.29 is 18.8 Å². The van der Waals surface area contributed by atoms with E-state index in [0.717, 1.165) is 42.2 Å². The van der Waals surface area contributed by atoms with Gasteiger partial charge in [0.2, 0.25) is 0 Å². The van der Waals surface area contributed by atoms with Crippen molar-refractivity contribution in [3.05, 3.63) is 29.6 Å². The van der Waals surface area contributed by atoms with Crippen molar-refractivity contribution in [3.8, 4) is 17.2 Å². The van der Waals surface area contributed by atoms with E-state index in [9.17, 15) is 4.79 Å². The van der Waals surface area contributed by atoms with Gasteiger partial charge in [-0.1, -0.05) is 24.4 Å². The minimum atomic E-state index is -0.415. The van der Waals surface area contributed by atoms with Crippen LogP contribution in [0, 0.1) is 12.8 Å². The molecule has 0 bridgehead atoms. The molecular weight excluding hydrogens is 370 g/mol. The number of ether oxygens (including phenoxy) is 2. The lowest BCUT2D eigenvalue weighted by Crippen LogP contribution is -2.24. The number of aryl methyl sites for hydroxylation is 1. The Kier molecular flexibility index (Phi) is 6.32. The molecule has 7 nitrogen and oxygen atoms in total. The average molecular weight is 399 g/mol. The number of carbonyl (C=O) groups is 1. The molecule has 2 aliphatic carbocycles. The highest BCUT2D eigenvalue weighted by atomic mass is 16.5. The number of aromatic nitrogens is 2. The fourth-order valence-electron chi connectivity index (χ4n) is 3.69. The number of amides is 1. The second kappa shape index (κ2) is 9.29. The van der Waals surface area contributed by atoms with Crippen LogP contribution in [0.25, 0.3) is 11.5 Å². The number of pyridine rings is 1. The molecule has 0 atom stereocenters. The van der Waals surface area contributed by atoms with Gasteiger partial charge >= 0.3 is 6.09 Å². The molecule has 1 amide bonds. The van der Waals surface area contributed by atoms with E-state index >= 15 is 0 Å². The summed E-state index contributed by atoms with van der Waals surface area (Å²) in [5, 5.41) is 6.82. The van der Waals surface area contributed by atoms with Crippen LogP contribution >= 0.6 is 0 Å². The number of rotatable bonds is 8. The smallest absolute Gasteiger partial charge is 0.407 e. The Morgan fingerprint density at radius 1 is 1.21 bits per heavy atom. The lowest BCUT2D eigenvalue weighted by molar-refractivity contribution is 0.142. The van der Waals surface area contributed by atoms with Crippen LogP contribution in [0.2, 0.25) is 0 Å². The summed E-state index contributed by atoms with van der Waals surface area (Å²) in [5.41, 5.74) is 2.20. The number of carbonyl (C=O) groups excluding carboxylic acids is 1. The molecule has 0 aliphatic heterocycles. The Labute approximate surface area is 171 Å². The molecule has 2 aliphatic rings. The van der Waals surface area contributed by atoms with Gasteiger partial charge in [0, 0.05) is 5.56 Å². The average Bonchev–Trinajstić information content (AvgIpc) is 3.49. The van der Waals surface area contributed by atoms with Crippen LogP contribution in [-0.2, 0) is 11.3 Å². The molecular formula is C22H29N3O4. The second-order valence-corrected chi connectivity index (χ2v) is 8.05. The van der Waals surface area contributed by atoms with Gasteiger partial charge in [0.15, 0.2) is 5.76 Å². The molecule has 1 N–H and O–H groups in total. The number of hydrogen-bond acceptors (Lipinski definition) is 6. The molecule has 156 valence electrons. The van der Waals surface area contributed by atoms with E-state index in [4.69, 9.17) is 14.0 Å². The number of nitrogens with zero attached hydrogens (tertiary/aromatic N) is 2. The fraction of sp³-hybridized carbons (Fsp3) is 0.591. The molecule has 0 unspecified atom stereocenters. The second-order valence-electron chi connectivity index (χ2n) is 8.05. The predicted molar refractivity (Wildman–Crippen MR) is 108 cm³/mol. The topological polar surface area (TPSA) is 86.5 Å². The van der Waals surface area contributed by atoms with Gasteiger partial charge in [0.25, 0.3) is 0 Å². The zero-order chi connectivity index (χ0) is 20.1. The molecule has 29 heavy (non-hydrogen) atoms. The van der Waals surface area contributed by atoms with Gasteiger partial charge in [-0.15, -0.1) is 0 Å². The lowest BCUT2D eigenvalue weighted by Gasteiger charge is -2.22. The van der Waals surface area contributed by atoms with Gasteiger partial charge < -0.3 is 19.3 Å². The van der Waals surface area contributed by atoms with Crippen molar-refractivity contribution >= 4 is 6.09 Å². The zero-order valence-corrected chi connectivity index (χ0v) is 17.0.